The molecule has 29 heavy (non-hydrogen) atoms. The Bertz CT molecular complexity index is 1080. The second-order valence-corrected chi connectivity index (χ2v) is 6.85. The molecular formula is C19H19F2N5O3. The van der Waals surface area contributed by atoms with Gasteiger partial charge in [0.1, 0.15) is 29.7 Å². The molecule has 0 aliphatic heterocycles. The highest BCUT2D eigenvalue weighted by atomic mass is 19.1. The number of aromatic nitrogens is 3. The van der Waals surface area contributed by atoms with Gasteiger partial charge < -0.3 is 19.7 Å². The zero-order chi connectivity index (χ0) is 20.7. The lowest BCUT2D eigenvalue weighted by Crippen LogP contribution is -2.21. The summed E-state index contributed by atoms with van der Waals surface area (Å²) in [6.45, 7) is 0. The van der Waals surface area contributed by atoms with Crippen molar-refractivity contribution in [1.29, 1.82) is 0 Å². The van der Waals surface area contributed by atoms with Gasteiger partial charge in [0.05, 0.1) is 23.7 Å². The monoisotopic (exact) mass is 403 g/mol. The molecule has 1 amide bonds. The number of rotatable bonds is 5. The fourth-order valence-corrected chi connectivity index (χ4v) is 3.32. The van der Waals surface area contributed by atoms with Gasteiger partial charge in [-0.2, -0.15) is 0 Å². The predicted molar refractivity (Wildman–Crippen MR) is 102 cm³/mol. The van der Waals surface area contributed by atoms with Crippen molar-refractivity contribution in [2.24, 2.45) is 0 Å². The van der Waals surface area contributed by atoms with E-state index in [1.165, 1.54) is 12.5 Å². The lowest BCUT2D eigenvalue weighted by molar-refractivity contribution is 0.186. The standard InChI is InChI=1S/C19H19F2N5O3/c1-26(9-3-4-9)18-13-10(7-22-17(13)23-8-24-18)16(27)14-11(20)5-6-12(15(14)21)25-19(28)29-2/h5-9,16,27H,3-4H2,1-2H3,(H,25,28)(H,22,23,24). The number of carbonyl (C=O) groups excluding carboxylic acids is 1. The molecule has 0 bridgehead atoms. The Balaban J connectivity index is 1.81. The summed E-state index contributed by atoms with van der Waals surface area (Å²) in [7, 11) is 3.00. The smallest absolute Gasteiger partial charge is 0.411 e. The number of aliphatic hydroxyl groups excluding tert-OH is 1. The van der Waals surface area contributed by atoms with Crippen LogP contribution in [0.1, 0.15) is 30.1 Å². The molecule has 2 heterocycles. The molecular weight excluding hydrogens is 384 g/mol. The molecule has 10 heteroatoms. The van der Waals surface area contributed by atoms with E-state index in [0.29, 0.717) is 22.9 Å². The van der Waals surface area contributed by atoms with E-state index in [9.17, 15) is 18.7 Å². The number of methoxy groups -OCH3 is 1. The molecule has 1 atom stereocenters. The van der Waals surface area contributed by atoms with Gasteiger partial charge in [0.15, 0.2) is 5.82 Å². The SMILES string of the molecule is COC(=O)Nc1ccc(F)c(C(O)c2c[nH]c3ncnc(N(C)C4CC4)c23)c1F. The number of hydrogen-bond acceptors (Lipinski definition) is 6. The summed E-state index contributed by atoms with van der Waals surface area (Å²) in [5.41, 5.74) is -0.222. The van der Waals surface area contributed by atoms with Crippen LogP contribution in [0.25, 0.3) is 11.0 Å². The van der Waals surface area contributed by atoms with Crippen molar-refractivity contribution in [3.8, 4) is 0 Å². The Morgan fingerprint density at radius 2 is 2.14 bits per heavy atom. The molecule has 3 aromatic rings. The minimum absolute atomic E-state index is 0.233. The largest absolute Gasteiger partial charge is 0.453 e. The number of amides is 1. The van der Waals surface area contributed by atoms with Gasteiger partial charge in [-0.1, -0.05) is 0 Å². The van der Waals surface area contributed by atoms with E-state index in [1.54, 1.807) is 0 Å². The average molecular weight is 403 g/mol. The Morgan fingerprint density at radius 1 is 1.38 bits per heavy atom. The van der Waals surface area contributed by atoms with E-state index < -0.39 is 29.4 Å². The number of fused-ring (bicyclic) bond motifs is 1. The fourth-order valence-electron chi connectivity index (χ4n) is 3.32. The Labute approximate surface area is 164 Å². The van der Waals surface area contributed by atoms with E-state index in [-0.39, 0.29) is 11.3 Å². The number of nitrogens with one attached hydrogen (secondary N) is 2. The lowest BCUT2D eigenvalue weighted by atomic mass is 9.99. The lowest BCUT2D eigenvalue weighted by Gasteiger charge is -2.20. The van der Waals surface area contributed by atoms with E-state index >= 15 is 0 Å². The summed E-state index contributed by atoms with van der Waals surface area (Å²) in [4.78, 5) is 24.8. The van der Waals surface area contributed by atoms with Crippen molar-refractivity contribution < 1.29 is 23.4 Å². The fraction of sp³-hybridized carbons (Fsp3) is 0.316. The number of H-pyrrole nitrogens is 1. The number of benzene rings is 1. The zero-order valence-electron chi connectivity index (χ0n) is 15.7. The van der Waals surface area contributed by atoms with Crippen molar-refractivity contribution in [3.63, 3.8) is 0 Å². The van der Waals surface area contributed by atoms with Gasteiger partial charge in [0, 0.05) is 24.8 Å². The van der Waals surface area contributed by atoms with Crippen LogP contribution in [0, 0.1) is 11.6 Å². The van der Waals surface area contributed by atoms with Gasteiger partial charge in [-0.3, -0.25) is 5.32 Å². The third-order valence-corrected chi connectivity index (χ3v) is 5.03. The van der Waals surface area contributed by atoms with E-state index in [4.69, 9.17) is 0 Å². The van der Waals surface area contributed by atoms with Crippen molar-refractivity contribution in [2.75, 3.05) is 24.4 Å². The van der Waals surface area contributed by atoms with Crippen LogP contribution in [0.5, 0.6) is 0 Å². The first-order valence-corrected chi connectivity index (χ1v) is 8.98. The summed E-state index contributed by atoms with van der Waals surface area (Å²) in [5.74, 6) is -1.47. The van der Waals surface area contributed by atoms with E-state index in [1.807, 2.05) is 11.9 Å². The number of aromatic amines is 1. The van der Waals surface area contributed by atoms with E-state index in [0.717, 1.165) is 32.1 Å². The molecule has 0 radical (unpaired) electrons. The van der Waals surface area contributed by atoms with Crippen molar-refractivity contribution >= 4 is 28.6 Å². The molecule has 1 aliphatic carbocycles. The Morgan fingerprint density at radius 3 is 2.83 bits per heavy atom. The minimum Gasteiger partial charge on any atom is -0.453 e. The summed E-state index contributed by atoms with van der Waals surface area (Å²) in [6.07, 6.45) is 2.33. The number of hydrogen-bond donors (Lipinski definition) is 3. The normalized spacial score (nSPS) is 14.7. The molecule has 0 spiro atoms. The molecule has 152 valence electrons. The number of halogens is 2. The first kappa shape index (κ1) is 19.1. The van der Waals surface area contributed by atoms with Gasteiger partial charge in [0.2, 0.25) is 0 Å². The second-order valence-electron chi connectivity index (χ2n) is 6.85. The molecule has 1 aliphatic rings. The highest BCUT2D eigenvalue weighted by Gasteiger charge is 2.31. The number of anilines is 2. The van der Waals surface area contributed by atoms with Crippen LogP contribution in [-0.4, -0.2) is 46.4 Å². The van der Waals surface area contributed by atoms with Crippen LogP contribution in [0.15, 0.2) is 24.7 Å². The highest BCUT2D eigenvalue weighted by molar-refractivity contribution is 5.92. The van der Waals surface area contributed by atoms with Crippen molar-refractivity contribution in [2.45, 2.75) is 25.0 Å². The average Bonchev–Trinajstić information content (AvgIpc) is 3.47. The molecule has 1 aromatic carbocycles. The molecule has 1 fully saturated rings. The van der Waals surface area contributed by atoms with Crippen LogP contribution in [0.4, 0.5) is 25.1 Å². The maximum Gasteiger partial charge on any atom is 0.411 e. The molecule has 1 saturated carbocycles. The first-order valence-electron chi connectivity index (χ1n) is 8.98. The second kappa shape index (κ2) is 7.28. The number of ether oxygens (including phenoxy) is 1. The van der Waals surface area contributed by atoms with Crippen molar-refractivity contribution in [1.82, 2.24) is 15.0 Å². The van der Waals surface area contributed by atoms with Crippen molar-refractivity contribution in [3.05, 3.63) is 47.4 Å². The summed E-state index contributed by atoms with van der Waals surface area (Å²) >= 11 is 0. The zero-order valence-corrected chi connectivity index (χ0v) is 15.7. The molecule has 8 nitrogen and oxygen atoms in total. The first-order chi connectivity index (χ1) is 13.9. The molecule has 3 N–H and O–H groups in total. The number of carbonyl (C=O) groups is 1. The van der Waals surface area contributed by atoms with Gasteiger partial charge >= 0.3 is 6.09 Å². The van der Waals surface area contributed by atoms with Crippen LogP contribution >= 0.6 is 0 Å². The van der Waals surface area contributed by atoms with Gasteiger partial charge in [0.25, 0.3) is 0 Å². The van der Waals surface area contributed by atoms with Crippen LogP contribution in [0.2, 0.25) is 0 Å². The summed E-state index contributed by atoms with van der Waals surface area (Å²) in [5, 5.41) is 13.5. The highest BCUT2D eigenvalue weighted by Crippen LogP contribution is 2.38. The third kappa shape index (κ3) is 3.35. The maximum absolute atomic E-state index is 14.9. The van der Waals surface area contributed by atoms with Crippen LogP contribution < -0.4 is 10.2 Å². The summed E-state index contributed by atoms with van der Waals surface area (Å²) < 4.78 is 33.9. The van der Waals surface area contributed by atoms with Gasteiger partial charge in [-0.25, -0.2) is 23.5 Å². The quantitative estimate of drug-likeness (QED) is 0.605. The predicted octanol–water partition coefficient (Wildman–Crippen LogP) is 3.09. The third-order valence-electron chi connectivity index (χ3n) is 5.03. The van der Waals surface area contributed by atoms with Crippen LogP contribution in [-0.2, 0) is 4.74 Å². The topological polar surface area (TPSA) is 103 Å². The number of nitrogens with zero attached hydrogens (tertiary/aromatic N) is 3. The Hall–Kier alpha value is -3.27. The molecule has 2 aromatic heterocycles. The summed E-state index contributed by atoms with van der Waals surface area (Å²) in [6, 6.07) is 2.35. The molecule has 0 saturated heterocycles. The Kier molecular flexibility index (Phi) is 4.79. The van der Waals surface area contributed by atoms with Crippen LogP contribution in [0.3, 0.4) is 0 Å². The molecule has 1 unspecified atom stereocenters. The van der Waals surface area contributed by atoms with Gasteiger partial charge in [-0.15, -0.1) is 0 Å². The van der Waals surface area contributed by atoms with E-state index in [2.05, 4.69) is 25.0 Å². The van der Waals surface area contributed by atoms with Gasteiger partial charge in [-0.05, 0) is 25.0 Å². The molecule has 4 rings (SSSR count). The minimum atomic E-state index is -1.65. The number of aliphatic hydroxyl groups is 1. The maximum atomic E-state index is 14.9.